The van der Waals surface area contributed by atoms with Crippen LogP contribution >= 0.6 is 0 Å². The Morgan fingerprint density at radius 1 is 1.00 bits per heavy atom. The van der Waals surface area contributed by atoms with Crippen molar-refractivity contribution in [2.45, 2.75) is 87.9 Å². The first-order valence-corrected chi connectivity index (χ1v) is 10.4. The molecule has 142 valence electrons. The highest BCUT2D eigenvalue weighted by molar-refractivity contribution is 5.78. The number of ether oxygens (including phenoxy) is 1. The average Bonchev–Trinajstić information content (AvgIpc) is 2.95. The fraction of sp³-hybridized carbons (Fsp3) is 0.682. The summed E-state index contributed by atoms with van der Waals surface area (Å²) in [7, 11) is 0. The highest BCUT2D eigenvalue weighted by atomic mass is 16.5. The molecule has 4 heteroatoms. The second-order valence-corrected chi connectivity index (χ2v) is 8.30. The third-order valence-corrected chi connectivity index (χ3v) is 6.69. The molecule has 3 aliphatic rings. The van der Waals surface area contributed by atoms with E-state index in [9.17, 15) is 9.90 Å². The van der Waals surface area contributed by atoms with Crippen LogP contribution in [0.3, 0.4) is 0 Å². The molecule has 0 aromatic heterocycles. The maximum absolute atomic E-state index is 12.7. The van der Waals surface area contributed by atoms with Gasteiger partial charge in [0.1, 0.15) is 12.0 Å². The van der Waals surface area contributed by atoms with Crippen molar-refractivity contribution in [3.8, 4) is 0 Å². The molecule has 2 bridgehead atoms. The quantitative estimate of drug-likeness (QED) is 0.818. The topological polar surface area (TPSA) is 49.8 Å². The van der Waals surface area contributed by atoms with Crippen LogP contribution < -0.4 is 0 Å². The molecule has 1 aromatic rings. The zero-order chi connectivity index (χ0) is 17.9. The van der Waals surface area contributed by atoms with Crippen molar-refractivity contribution in [2.24, 2.45) is 0 Å². The minimum atomic E-state index is -0.565. The number of nitrogens with zero attached hydrogens (tertiary/aromatic N) is 1. The van der Waals surface area contributed by atoms with Gasteiger partial charge in [0.2, 0.25) is 0 Å². The van der Waals surface area contributed by atoms with Gasteiger partial charge in [0, 0.05) is 31.0 Å². The van der Waals surface area contributed by atoms with Crippen LogP contribution in [0.4, 0.5) is 0 Å². The number of rotatable bonds is 5. The highest BCUT2D eigenvalue weighted by Crippen LogP contribution is 2.41. The van der Waals surface area contributed by atoms with Crippen LogP contribution in [0.2, 0.25) is 0 Å². The van der Waals surface area contributed by atoms with Crippen LogP contribution in [-0.4, -0.2) is 46.8 Å². The molecule has 4 atom stereocenters. The van der Waals surface area contributed by atoms with Gasteiger partial charge in [-0.05, 0) is 31.2 Å². The van der Waals surface area contributed by atoms with Crippen molar-refractivity contribution < 1.29 is 14.6 Å². The van der Waals surface area contributed by atoms with Crippen LogP contribution in [-0.2, 0) is 9.53 Å². The molecule has 0 spiro atoms. The highest BCUT2D eigenvalue weighted by Gasteiger charge is 2.45. The Balaban J connectivity index is 1.37. The third-order valence-electron chi connectivity index (χ3n) is 6.69. The van der Waals surface area contributed by atoms with Crippen molar-refractivity contribution in [1.29, 1.82) is 0 Å². The lowest BCUT2D eigenvalue weighted by atomic mass is 9.89. The van der Waals surface area contributed by atoms with E-state index in [1.807, 2.05) is 30.3 Å². The number of benzene rings is 1. The van der Waals surface area contributed by atoms with Crippen molar-refractivity contribution >= 4 is 5.97 Å². The average molecular weight is 357 g/mol. The smallest absolute Gasteiger partial charge is 0.316 e. The van der Waals surface area contributed by atoms with E-state index < -0.39 is 5.92 Å². The number of carbonyl (C=O) groups excluding carboxylic acids is 1. The summed E-state index contributed by atoms with van der Waals surface area (Å²) in [6.07, 6.45) is 11.3. The second kappa shape index (κ2) is 8.10. The van der Waals surface area contributed by atoms with Crippen molar-refractivity contribution in [2.75, 3.05) is 6.61 Å². The van der Waals surface area contributed by atoms with E-state index in [-0.39, 0.29) is 18.7 Å². The van der Waals surface area contributed by atoms with Crippen molar-refractivity contribution in [3.05, 3.63) is 35.9 Å². The zero-order valence-corrected chi connectivity index (χ0v) is 15.6. The van der Waals surface area contributed by atoms with Gasteiger partial charge in [0.25, 0.3) is 0 Å². The van der Waals surface area contributed by atoms with Crippen LogP contribution in [0, 0.1) is 0 Å². The summed E-state index contributed by atoms with van der Waals surface area (Å²) < 4.78 is 5.89. The van der Waals surface area contributed by atoms with Crippen LogP contribution in [0.5, 0.6) is 0 Å². The Bertz CT molecular complexity index is 585. The molecule has 1 saturated carbocycles. The van der Waals surface area contributed by atoms with Gasteiger partial charge >= 0.3 is 5.97 Å². The lowest BCUT2D eigenvalue weighted by Crippen LogP contribution is -2.51. The Labute approximate surface area is 156 Å². The molecule has 4 nitrogen and oxygen atoms in total. The molecule has 3 fully saturated rings. The van der Waals surface area contributed by atoms with Crippen LogP contribution in [0.15, 0.2) is 30.3 Å². The van der Waals surface area contributed by atoms with E-state index in [1.165, 1.54) is 44.9 Å². The zero-order valence-electron chi connectivity index (χ0n) is 15.6. The van der Waals surface area contributed by atoms with Gasteiger partial charge in [0.15, 0.2) is 0 Å². The van der Waals surface area contributed by atoms with Gasteiger partial charge in [-0.25, -0.2) is 0 Å². The van der Waals surface area contributed by atoms with E-state index in [2.05, 4.69) is 4.90 Å². The number of esters is 1. The van der Waals surface area contributed by atoms with E-state index in [1.54, 1.807) is 0 Å². The predicted molar refractivity (Wildman–Crippen MR) is 101 cm³/mol. The summed E-state index contributed by atoms with van der Waals surface area (Å²) in [6, 6.07) is 11.4. The molecule has 26 heavy (non-hydrogen) atoms. The molecule has 2 saturated heterocycles. The van der Waals surface area contributed by atoms with E-state index >= 15 is 0 Å². The van der Waals surface area contributed by atoms with E-state index in [4.69, 9.17) is 4.74 Å². The van der Waals surface area contributed by atoms with Crippen LogP contribution in [0.25, 0.3) is 0 Å². The fourth-order valence-electron chi connectivity index (χ4n) is 5.48. The van der Waals surface area contributed by atoms with Gasteiger partial charge in [-0.3, -0.25) is 9.69 Å². The summed E-state index contributed by atoms with van der Waals surface area (Å²) in [5.74, 6) is -0.834. The third kappa shape index (κ3) is 3.67. The maximum atomic E-state index is 12.7. The molecule has 2 heterocycles. The van der Waals surface area contributed by atoms with Crippen LogP contribution in [0.1, 0.15) is 69.3 Å². The number of fused-ring (bicyclic) bond motifs is 2. The molecule has 1 aromatic carbocycles. The number of hydrogen-bond acceptors (Lipinski definition) is 4. The molecule has 1 aliphatic carbocycles. The molecule has 4 rings (SSSR count). The Hall–Kier alpha value is -1.39. The normalized spacial score (nSPS) is 30.9. The molecule has 0 amide bonds. The second-order valence-electron chi connectivity index (χ2n) is 8.30. The van der Waals surface area contributed by atoms with Crippen molar-refractivity contribution in [3.63, 3.8) is 0 Å². The SMILES string of the molecule is O=C(OC1C[C@H]2CC[C@@H](C1)N2C1CCCCC1)C(CO)c1ccccc1. The molecule has 2 unspecified atom stereocenters. The lowest BCUT2D eigenvalue weighted by molar-refractivity contribution is -0.156. The molecular weight excluding hydrogens is 326 g/mol. The summed E-state index contributed by atoms with van der Waals surface area (Å²) in [5.41, 5.74) is 0.836. The maximum Gasteiger partial charge on any atom is 0.316 e. The summed E-state index contributed by atoms with van der Waals surface area (Å²) >= 11 is 0. The van der Waals surface area contributed by atoms with Gasteiger partial charge in [-0.1, -0.05) is 49.6 Å². The number of aliphatic hydroxyl groups excluding tert-OH is 1. The minimum Gasteiger partial charge on any atom is -0.462 e. The minimum absolute atomic E-state index is 0.0117. The van der Waals surface area contributed by atoms with Crippen molar-refractivity contribution in [1.82, 2.24) is 4.90 Å². The largest absolute Gasteiger partial charge is 0.462 e. The van der Waals surface area contributed by atoms with E-state index in [0.29, 0.717) is 12.1 Å². The lowest BCUT2D eigenvalue weighted by Gasteiger charge is -2.44. The first kappa shape index (κ1) is 18.0. The van der Waals surface area contributed by atoms with Gasteiger partial charge < -0.3 is 9.84 Å². The summed E-state index contributed by atoms with van der Waals surface area (Å²) in [6.45, 7) is -0.198. The first-order valence-electron chi connectivity index (χ1n) is 10.4. The summed E-state index contributed by atoms with van der Waals surface area (Å²) in [5, 5.41) is 9.70. The fourth-order valence-corrected chi connectivity index (χ4v) is 5.48. The Morgan fingerprint density at radius 2 is 1.65 bits per heavy atom. The van der Waals surface area contributed by atoms with Gasteiger partial charge in [-0.15, -0.1) is 0 Å². The number of aliphatic hydroxyl groups is 1. The molecule has 0 radical (unpaired) electrons. The predicted octanol–water partition coefficient (Wildman–Crippen LogP) is 3.63. The van der Waals surface area contributed by atoms with Gasteiger partial charge in [0.05, 0.1) is 6.61 Å². The Kier molecular flexibility index (Phi) is 5.60. The molecular formula is C22H31NO3. The standard InChI is InChI=1S/C22H31NO3/c24-15-21(16-7-3-1-4-8-16)22(25)26-20-13-18-11-12-19(14-20)23(18)17-9-5-2-6-10-17/h1,3-4,7-8,17-21,24H,2,5-6,9-15H2/t18-,19+,20?,21?. The summed E-state index contributed by atoms with van der Waals surface area (Å²) in [4.78, 5) is 15.4. The van der Waals surface area contributed by atoms with E-state index in [0.717, 1.165) is 24.4 Å². The molecule has 1 N–H and O–H groups in total. The van der Waals surface area contributed by atoms with Gasteiger partial charge in [-0.2, -0.15) is 0 Å². The number of carbonyl (C=O) groups is 1. The monoisotopic (exact) mass is 357 g/mol. The first-order chi connectivity index (χ1) is 12.8. The Morgan fingerprint density at radius 3 is 2.27 bits per heavy atom. The number of hydrogen-bond donors (Lipinski definition) is 1. The molecule has 2 aliphatic heterocycles. The number of piperidine rings is 1.